The molecule has 0 unspecified atom stereocenters. The monoisotopic (exact) mass is 853 g/mol. The third-order valence-electron chi connectivity index (χ3n) is 11.0. The lowest BCUT2D eigenvalue weighted by Gasteiger charge is -2.18. The van der Waals surface area contributed by atoms with Crippen LogP contribution in [0.3, 0.4) is 0 Å². The number of esters is 3. The minimum Gasteiger partial charge on any atom is -0.462 e. The smallest absolute Gasteiger partial charge is 0.306 e. The Bertz CT molecular complexity index is 1120. The number of unbranched alkanes of at least 4 members (excludes halogenated alkanes) is 25. The van der Waals surface area contributed by atoms with Crippen molar-refractivity contribution in [1.82, 2.24) is 0 Å². The fourth-order valence-electron chi connectivity index (χ4n) is 7.03. The van der Waals surface area contributed by atoms with Crippen LogP contribution >= 0.6 is 0 Å². The maximum atomic E-state index is 12.8. The minimum atomic E-state index is -0.789. The van der Waals surface area contributed by atoms with Gasteiger partial charge in [-0.25, -0.2) is 0 Å². The quantitative estimate of drug-likeness (QED) is 0.0263. The predicted octanol–water partition coefficient (Wildman–Crippen LogP) is 16.9. The maximum Gasteiger partial charge on any atom is 0.306 e. The van der Waals surface area contributed by atoms with Gasteiger partial charge in [0.15, 0.2) is 6.10 Å². The number of rotatable bonds is 46. The summed E-state index contributed by atoms with van der Waals surface area (Å²) in [5, 5.41) is 0. The van der Waals surface area contributed by atoms with Crippen molar-refractivity contribution in [2.24, 2.45) is 0 Å². The van der Waals surface area contributed by atoms with Crippen molar-refractivity contribution in [2.45, 2.75) is 258 Å². The largest absolute Gasteiger partial charge is 0.462 e. The van der Waals surface area contributed by atoms with Gasteiger partial charge in [-0.05, 0) is 109 Å². The van der Waals surface area contributed by atoms with Crippen LogP contribution in [0, 0.1) is 0 Å². The van der Waals surface area contributed by atoms with E-state index in [0.29, 0.717) is 19.3 Å². The first kappa shape index (κ1) is 58.1. The number of ether oxygens (including phenoxy) is 3. The van der Waals surface area contributed by atoms with Crippen LogP contribution in [0.4, 0.5) is 0 Å². The molecule has 0 rings (SSSR count). The Morgan fingerprint density at radius 1 is 0.328 bits per heavy atom. The summed E-state index contributed by atoms with van der Waals surface area (Å²) in [5.74, 6) is -0.926. The third-order valence-corrected chi connectivity index (χ3v) is 11.0. The van der Waals surface area contributed by atoms with E-state index in [4.69, 9.17) is 14.2 Å². The second-order valence-corrected chi connectivity index (χ2v) is 17.1. The van der Waals surface area contributed by atoms with Crippen LogP contribution in [0.5, 0.6) is 0 Å². The molecule has 0 saturated carbocycles. The summed E-state index contributed by atoms with van der Waals surface area (Å²) < 4.78 is 16.8. The summed E-state index contributed by atoms with van der Waals surface area (Å²) in [6.45, 7) is 6.55. The molecule has 0 spiro atoms. The number of allylic oxidation sites excluding steroid dienone is 10. The lowest BCUT2D eigenvalue weighted by Crippen LogP contribution is -2.30. The lowest BCUT2D eigenvalue weighted by atomic mass is 10.1. The Hall–Kier alpha value is -2.89. The lowest BCUT2D eigenvalue weighted by molar-refractivity contribution is -0.167. The van der Waals surface area contributed by atoms with Crippen LogP contribution in [0.2, 0.25) is 0 Å². The Balaban J connectivity index is 4.43. The highest BCUT2D eigenvalue weighted by molar-refractivity contribution is 5.71. The van der Waals surface area contributed by atoms with E-state index in [1.165, 1.54) is 109 Å². The molecule has 0 aromatic carbocycles. The van der Waals surface area contributed by atoms with Gasteiger partial charge in [0.2, 0.25) is 0 Å². The van der Waals surface area contributed by atoms with E-state index in [1.807, 2.05) is 0 Å². The molecule has 0 heterocycles. The Labute approximate surface area is 377 Å². The molecular weight excluding hydrogens is 757 g/mol. The van der Waals surface area contributed by atoms with Crippen LogP contribution < -0.4 is 0 Å². The number of carbonyl (C=O) groups is 3. The van der Waals surface area contributed by atoms with Gasteiger partial charge in [-0.2, -0.15) is 0 Å². The topological polar surface area (TPSA) is 78.9 Å². The molecule has 6 nitrogen and oxygen atoms in total. The molecule has 0 amide bonds. The Morgan fingerprint density at radius 3 is 0.967 bits per heavy atom. The first-order valence-electron chi connectivity index (χ1n) is 25.8. The Morgan fingerprint density at radius 2 is 0.590 bits per heavy atom. The van der Waals surface area contributed by atoms with Gasteiger partial charge >= 0.3 is 17.9 Å². The molecule has 0 N–H and O–H groups in total. The molecule has 0 aromatic heterocycles. The fraction of sp³-hybridized carbons (Fsp3) is 0.764. The van der Waals surface area contributed by atoms with Crippen LogP contribution in [-0.2, 0) is 28.6 Å². The van der Waals surface area contributed by atoms with Gasteiger partial charge in [0, 0.05) is 19.3 Å². The van der Waals surface area contributed by atoms with Gasteiger partial charge in [0.05, 0.1) is 0 Å². The Kier molecular flexibility index (Phi) is 47.4. The molecule has 352 valence electrons. The normalized spacial score (nSPS) is 12.5. The van der Waals surface area contributed by atoms with Gasteiger partial charge < -0.3 is 14.2 Å². The van der Waals surface area contributed by atoms with Crippen molar-refractivity contribution in [3.63, 3.8) is 0 Å². The summed E-state index contributed by atoms with van der Waals surface area (Å²) >= 11 is 0. The van der Waals surface area contributed by atoms with Crippen molar-refractivity contribution in [3.8, 4) is 0 Å². The molecule has 0 fully saturated rings. The van der Waals surface area contributed by atoms with Crippen LogP contribution in [0.15, 0.2) is 60.8 Å². The molecule has 0 saturated heterocycles. The van der Waals surface area contributed by atoms with Crippen LogP contribution in [-0.4, -0.2) is 37.2 Å². The molecule has 1 atom stereocenters. The van der Waals surface area contributed by atoms with E-state index in [0.717, 1.165) is 103 Å². The summed E-state index contributed by atoms with van der Waals surface area (Å²) in [6, 6.07) is 0. The highest BCUT2D eigenvalue weighted by Crippen LogP contribution is 2.13. The van der Waals surface area contributed by atoms with Crippen molar-refractivity contribution in [3.05, 3.63) is 60.8 Å². The average Bonchev–Trinajstić information content (AvgIpc) is 3.26. The SMILES string of the molecule is CCCCC/C=C\C/C=C\C/C=C\CCCCCCC(=O)OC[C@H](COC(=O)CCCCCCC/C=C\CCCCCC)OC(=O)CCCCCCC/C=C\CCCCCC. The van der Waals surface area contributed by atoms with Gasteiger partial charge in [-0.15, -0.1) is 0 Å². The van der Waals surface area contributed by atoms with Crippen LogP contribution in [0.25, 0.3) is 0 Å². The fourth-order valence-corrected chi connectivity index (χ4v) is 7.03. The second kappa shape index (κ2) is 49.8. The first-order chi connectivity index (χ1) is 30.0. The molecule has 6 heteroatoms. The van der Waals surface area contributed by atoms with Crippen molar-refractivity contribution in [2.75, 3.05) is 13.2 Å². The summed E-state index contributed by atoms with van der Waals surface area (Å²) in [7, 11) is 0. The van der Waals surface area contributed by atoms with Crippen LogP contribution in [0.1, 0.15) is 252 Å². The maximum absolute atomic E-state index is 12.8. The molecule has 0 radical (unpaired) electrons. The molecule has 0 aliphatic carbocycles. The summed E-state index contributed by atoms with van der Waals surface area (Å²) in [5.41, 5.74) is 0. The molecular formula is C55H96O6. The zero-order chi connectivity index (χ0) is 44.4. The molecule has 61 heavy (non-hydrogen) atoms. The van der Waals surface area contributed by atoms with E-state index in [-0.39, 0.29) is 31.1 Å². The molecule has 0 aromatic rings. The third kappa shape index (κ3) is 48.0. The van der Waals surface area contributed by atoms with Gasteiger partial charge in [-0.3, -0.25) is 14.4 Å². The summed E-state index contributed by atoms with van der Waals surface area (Å²) in [4.78, 5) is 37.9. The van der Waals surface area contributed by atoms with E-state index < -0.39 is 6.10 Å². The molecule has 0 bridgehead atoms. The molecule has 0 aliphatic rings. The first-order valence-corrected chi connectivity index (χ1v) is 25.8. The minimum absolute atomic E-state index is 0.0891. The molecule has 0 aliphatic heterocycles. The van der Waals surface area contributed by atoms with Crippen molar-refractivity contribution < 1.29 is 28.6 Å². The van der Waals surface area contributed by atoms with Gasteiger partial charge in [0.25, 0.3) is 0 Å². The zero-order valence-electron chi connectivity index (χ0n) is 40.2. The predicted molar refractivity (Wildman–Crippen MR) is 261 cm³/mol. The highest BCUT2D eigenvalue weighted by atomic mass is 16.6. The number of hydrogen-bond acceptors (Lipinski definition) is 6. The van der Waals surface area contributed by atoms with Gasteiger partial charge in [0.1, 0.15) is 13.2 Å². The van der Waals surface area contributed by atoms with E-state index in [9.17, 15) is 14.4 Å². The van der Waals surface area contributed by atoms with E-state index in [2.05, 4.69) is 81.5 Å². The van der Waals surface area contributed by atoms with E-state index in [1.54, 1.807) is 0 Å². The second-order valence-electron chi connectivity index (χ2n) is 17.1. The van der Waals surface area contributed by atoms with Gasteiger partial charge in [-0.1, -0.05) is 184 Å². The zero-order valence-corrected chi connectivity index (χ0v) is 40.2. The summed E-state index contributed by atoms with van der Waals surface area (Å²) in [6.07, 6.45) is 60.5. The number of carbonyl (C=O) groups excluding carboxylic acids is 3. The highest BCUT2D eigenvalue weighted by Gasteiger charge is 2.19. The standard InChI is InChI=1S/C55H96O6/c1-4-7-10-13-16-19-22-25-26-27-28-31-33-36-39-42-45-48-54(57)60-51-52(61-55(58)49-46-43-40-37-34-30-24-21-18-15-12-9-6-3)50-59-53(56)47-44-41-38-35-32-29-23-20-17-14-11-8-5-2/h16,19-21,23-26,28,31,52H,4-15,17-18,22,27,29-30,32-51H2,1-3H3/b19-16-,23-20-,24-21-,26-25-,31-28-/t52-/m0/s1. The van der Waals surface area contributed by atoms with Crippen molar-refractivity contribution in [1.29, 1.82) is 0 Å². The average molecular weight is 853 g/mol. The van der Waals surface area contributed by atoms with Crippen molar-refractivity contribution >= 4 is 17.9 Å². The number of hydrogen-bond donors (Lipinski definition) is 0. The van der Waals surface area contributed by atoms with E-state index >= 15 is 0 Å².